The lowest BCUT2D eigenvalue weighted by molar-refractivity contribution is 0.987. The van der Waals surface area contributed by atoms with Gasteiger partial charge in [0.2, 0.25) is 5.95 Å². The first kappa shape index (κ1) is 30.2. The minimum absolute atomic E-state index is 0.590. The molecular weight excluding hydrogens is 661 g/mol. The largest absolute Gasteiger partial charge is 0.307 e. The summed E-state index contributed by atoms with van der Waals surface area (Å²) in [6, 6.07) is 59.0. The van der Waals surface area contributed by atoms with E-state index in [2.05, 4.69) is 124 Å². The summed E-state index contributed by atoms with van der Waals surface area (Å²) in [4.78, 5) is 20.3. The molecule has 0 spiro atoms. The highest BCUT2D eigenvalue weighted by molar-refractivity contribution is 6.36. The van der Waals surface area contributed by atoms with Crippen molar-refractivity contribution in [3.63, 3.8) is 0 Å². The molecule has 0 bridgehead atoms. The molecule has 0 radical (unpaired) electrons. The summed E-state index contributed by atoms with van der Waals surface area (Å²) in [7, 11) is 0. The van der Waals surface area contributed by atoms with Crippen LogP contribution in [0.4, 0.5) is 0 Å². The number of aromatic nitrogens is 6. The first-order chi connectivity index (χ1) is 26.8. The maximum absolute atomic E-state index is 5.13. The topological polar surface area (TPSA) is 61.4 Å². The molecule has 11 aromatic rings. The Morgan fingerprint density at radius 3 is 1.41 bits per heavy atom. The molecule has 54 heavy (non-hydrogen) atoms. The summed E-state index contributed by atoms with van der Waals surface area (Å²) in [5.74, 6) is 1.24. The number of para-hydroxylation sites is 3. The minimum Gasteiger partial charge on any atom is -0.307 e. The molecule has 6 nitrogen and oxygen atoms in total. The second kappa shape index (κ2) is 12.1. The van der Waals surface area contributed by atoms with Gasteiger partial charge in [0.05, 0.1) is 33.5 Å². The molecule has 0 saturated heterocycles. The third-order valence-electron chi connectivity index (χ3n) is 10.4. The van der Waals surface area contributed by atoms with Crippen LogP contribution in [0.2, 0.25) is 0 Å². The van der Waals surface area contributed by atoms with Crippen molar-refractivity contribution in [1.82, 2.24) is 29.1 Å². The maximum atomic E-state index is 5.13. The molecule has 0 aliphatic heterocycles. The number of hydrogen-bond acceptors (Lipinski definition) is 4. The van der Waals surface area contributed by atoms with Crippen LogP contribution in [0, 0.1) is 0 Å². The van der Waals surface area contributed by atoms with Gasteiger partial charge in [-0.25, -0.2) is 19.9 Å². The van der Waals surface area contributed by atoms with Gasteiger partial charge in [-0.15, -0.1) is 0 Å². The Kier molecular flexibility index (Phi) is 6.75. The van der Waals surface area contributed by atoms with E-state index in [-0.39, 0.29) is 0 Å². The zero-order chi connectivity index (χ0) is 35.6. The van der Waals surface area contributed by atoms with Crippen LogP contribution in [0.5, 0.6) is 0 Å². The molecule has 0 saturated carbocycles. The molecule has 11 rings (SSSR count). The lowest BCUT2D eigenvalue weighted by Crippen LogP contribution is -2.03. The fourth-order valence-corrected chi connectivity index (χ4v) is 8.08. The Labute approximate surface area is 310 Å². The van der Waals surface area contributed by atoms with Crippen LogP contribution >= 0.6 is 0 Å². The van der Waals surface area contributed by atoms with Crippen LogP contribution in [0.3, 0.4) is 0 Å². The van der Waals surface area contributed by atoms with E-state index >= 15 is 0 Å². The number of rotatable bonds is 5. The zero-order valence-corrected chi connectivity index (χ0v) is 29.0. The average molecular weight is 691 g/mol. The van der Waals surface area contributed by atoms with Gasteiger partial charge in [-0.2, -0.15) is 0 Å². The van der Waals surface area contributed by atoms with E-state index in [1.54, 1.807) is 0 Å². The molecule has 0 fully saturated rings. The predicted octanol–water partition coefficient (Wildman–Crippen LogP) is 11.6. The third kappa shape index (κ3) is 4.60. The first-order valence-electron chi connectivity index (χ1n) is 18.1. The van der Waals surface area contributed by atoms with Crippen LogP contribution in [0.25, 0.3) is 99.9 Å². The van der Waals surface area contributed by atoms with Crippen molar-refractivity contribution in [2.75, 3.05) is 0 Å². The summed E-state index contributed by atoms with van der Waals surface area (Å²) in [6.07, 6.45) is 3.78. The molecule has 0 atom stereocenters. The van der Waals surface area contributed by atoms with E-state index in [0.717, 1.165) is 61.2 Å². The van der Waals surface area contributed by atoms with E-state index in [0.29, 0.717) is 11.8 Å². The predicted molar refractivity (Wildman–Crippen MR) is 220 cm³/mol. The fraction of sp³-hybridized carbons (Fsp3) is 0. The van der Waals surface area contributed by atoms with Crippen LogP contribution < -0.4 is 0 Å². The lowest BCUT2D eigenvalue weighted by atomic mass is 9.98. The molecule has 4 heterocycles. The SMILES string of the molecule is c1ccc(-c2cc(-c3cnc(-n4c5ccccc5c5c6ccccc6c6c7ccccc7n(-c7ccccc7)c6c54)nc3)nc(-c3ccccc3)n2)cc1. The van der Waals surface area contributed by atoms with Gasteiger partial charge in [0.15, 0.2) is 5.82 Å². The van der Waals surface area contributed by atoms with E-state index < -0.39 is 0 Å². The van der Waals surface area contributed by atoms with Gasteiger partial charge in [-0.3, -0.25) is 4.57 Å². The number of fused-ring (bicyclic) bond motifs is 10. The Hall–Kier alpha value is -7.44. The molecule has 252 valence electrons. The molecule has 0 N–H and O–H groups in total. The van der Waals surface area contributed by atoms with Crippen LogP contribution in [-0.2, 0) is 0 Å². The Morgan fingerprint density at radius 1 is 0.370 bits per heavy atom. The van der Waals surface area contributed by atoms with Crippen molar-refractivity contribution in [3.8, 4) is 45.5 Å². The molecule has 7 aromatic carbocycles. The highest BCUT2D eigenvalue weighted by atomic mass is 15.2. The average Bonchev–Trinajstić information content (AvgIpc) is 3.79. The quantitative estimate of drug-likeness (QED) is 0.180. The van der Waals surface area contributed by atoms with Gasteiger partial charge in [-0.05, 0) is 41.1 Å². The minimum atomic E-state index is 0.590. The highest BCUT2D eigenvalue weighted by Crippen LogP contribution is 2.46. The van der Waals surface area contributed by atoms with E-state index in [9.17, 15) is 0 Å². The van der Waals surface area contributed by atoms with Crippen molar-refractivity contribution in [3.05, 3.63) is 182 Å². The third-order valence-corrected chi connectivity index (χ3v) is 10.4. The summed E-state index contributed by atoms with van der Waals surface area (Å²) in [5, 5.41) is 7.16. The monoisotopic (exact) mass is 690 g/mol. The van der Waals surface area contributed by atoms with Gasteiger partial charge in [-0.1, -0.05) is 140 Å². The smallest absolute Gasteiger partial charge is 0.234 e. The molecule has 0 aliphatic carbocycles. The molecule has 4 aromatic heterocycles. The Balaban J connectivity index is 1.20. The van der Waals surface area contributed by atoms with Crippen molar-refractivity contribution in [2.45, 2.75) is 0 Å². The van der Waals surface area contributed by atoms with Crippen molar-refractivity contribution in [1.29, 1.82) is 0 Å². The lowest BCUT2D eigenvalue weighted by Gasteiger charge is -2.13. The van der Waals surface area contributed by atoms with Crippen LogP contribution in [-0.4, -0.2) is 29.1 Å². The maximum Gasteiger partial charge on any atom is 0.234 e. The molecule has 0 amide bonds. The van der Waals surface area contributed by atoms with Crippen molar-refractivity contribution >= 4 is 54.4 Å². The van der Waals surface area contributed by atoms with Gasteiger partial charge in [0.25, 0.3) is 0 Å². The van der Waals surface area contributed by atoms with E-state index in [1.807, 2.05) is 67.0 Å². The fourth-order valence-electron chi connectivity index (χ4n) is 8.08. The number of hydrogen-bond donors (Lipinski definition) is 0. The summed E-state index contributed by atoms with van der Waals surface area (Å²) in [6.45, 7) is 0. The number of benzene rings is 7. The Bertz CT molecular complexity index is 3130. The standard InChI is InChI=1S/C48H30N6/c1-4-16-31(17-5-1)39-28-40(52-47(51-39)32-18-6-2-7-19-32)33-29-49-48(50-30-33)54-42-27-15-13-25-38(42)44-36-23-11-10-22-35(36)43-37-24-12-14-26-41(37)53(45(43)46(44)54)34-20-8-3-9-21-34/h1-30H. The summed E-state index contributed by atoms with van der Waals surface area (Å²) >= 11 is 0. The summed E-state index contributed by atoms with van der Waals surface area (Å²) in [5.41, 5.74) is 9.86. The number of nitrogens with zero attached hydrogens (tertiary/aromatic N) is 6. The van der Waals surface area contributed by atoms with E-state index in [1.165, 1.54) is 26.9 Å². The molecular formula is C48H30N6. The molecule has 6 heteroatoms. The molecule has 0 unspecified atom stereocenters. The highest BCUT2D eigenvalue weighted by Gasteiger charge is 2.25. The zero-order valence-electron chi connectivity index (χ0n) is 29.0. The van der Waals surface area contributed by atoms with Gasteiger partial charge >= 0.3 is 0 Å². The van der Waals surface area contributed by atoms with Gasteiger partial charge in [0.1, 0.15) is 0 Å². The van der Waals surface area contributed by atoms with E-state index in [4.69, 9.17) is 19.9 Å². The second-order valence-electron chi connectivity index (χ2n) is 13.5. The normalized spacial score (nSPS) is 11.7. The van der Waals surface area contributed by atoms with Crippen molar-refractivity contribution < 1.29 is 0 Å². The van der Waals surface area contributed by atoms with Gasteiger partial charge in [0, 0.05) is 56.3 Å². The van der Waals surface area contributed by atoms with Gasteiger partial charge < -0.3 is 4.57 Å². The molecule has 0 aliphatic rings. The Morgan fingerprint density at radius 2 is 0.815 bits per heavy atom. The van der Waals surface area contributed by atoms with Crippen molar-refractivity contribution in [2.24, 2.45) is 0 Å². The van der Waals surface area contributed by atoms with Crippen LogP contribution in [0.1, 0.15) is 0 Å². The van der Waals surface area contributed by atoms with Crippen LogP contribution in [0.15, 0.2) is 182 Å². The second-order valence-corrected chi connectivity index (χ2v) is 13.5. The first-order valence-corrected chi connectivity index (χ1v) is 18.1. The summed E-state index contributed by atoms with van der Waals surface area (Å²) < 4.78 is 4.65.